The van der Waals surface area contributed by atoms with Crippen LogP contribution < -0.4 is 10.5 Å². The van der Waals surface area contributed by atoms with Crippen LogP contribution in [-0.2, 0) is 0 Å². The van der Waals surface area contributed by atoms with Crippen molar-refractivity contribution in [2.75, 3.05) is 18.9 Å². The Morgan fingerprint density at radius 1 is 1.54 bits per heavy atom. The number of benzene rings is 1. The Kier molecular flexibility index (Phi) is 3.39. The maximum Gasteiger partial charge on any atom is 0.124 e. The highest BCUT2D eigenvalue weighted by Crippen LogP contribution is 2.28. The molecule has 0 aliphatic rings. The molecule has 0 bridgehead atoms. The van der Waals surface area contributed by atoms with Gasteiger partial charge in [-0.3, -0.25) is 0 Å². The zero-order valence-corrected chi connectivity index (χ0v) is 8.14. The lowest BCUT2D eigenvalue weighted by Crippen LogP contribution is -2.03. The molecule has 0 saturated heterocycles. The zero-order chi connectivity index (χ0) is 9.84. The number of aryl methyl sites for hydroxylation is 1. The molecule has 0 aliphatic heterocycles. The molecule has 0 unspecified atom stereocenters. The Labute approximate surface area is 82.1 Å². The van der Waals surface area contributed by atoms with E-state index < -0.39 is 0 Å². The van der Waals surface area contributed by atoms with Crippen molar-refractivity contribution in [3.63, 3.8) is 0 Å². The number of anilines is 1. The molecule has 0 heterocycles. The Balaban J connectivity index is 2.88. The maximum atomic E-state index is 8.56. The molecule has 0 amide bonds. The largest absolute Gasteiger partial charge is 0.491 e. The minimum atomic E-state index is -0.0119. The first kappa shape index (κ1) is 10.2. The van der Waals surface area contributed by atoms with Crippen molar-refractivity contribution in [1.82, 2.24) is 0 Å². The average molecular weight is 202 g/mol. The summed E-state index contributed by atoms with van der Waals surface area (Å²) < 4.78 is 5.23. The van der Waals surface area contributed by atoms with E-state index in [0.717, 1.165) is 5.56 Å². The molecule has 72 valence electrons. The molecule has 13 heavy (non-hydrogen) atoms. The van der Waals surface area contributed by atoms with Crippen LogP contribution in [0.25, 0.3) is 0 Å². The first-order valence-electron chi connectivity index (χ1n) is 3.94. The summed E-state index contributed by atoms with van der Waals surface area (Å²) in [6, 6.07) is 3.40. The SMILES string of the molecule is Cc1cc(Cl)c(N)cc1OCCO. The third-order valence-electron chi connectivity index (χ3n) is 1.64. The average Bonchev–Trinajstić information content (AvgIpc) is 2.09. The van der Waals surface area contributed by atoms with Crippen LogP contribution in [-0.4, -0.2) is 18.3 Å². The number of aliphatic hydroxyl groups excluding tert-OH is 1. The monoisotopic (exact) mass is 201 g/mol. The number of halogens is 1. The minimum Gasteiger partial charge on any atom is -0.491 e. The predicted octanol–water partition coefficient (Wildman–Crippen LogP) is 1.60. The number of ether oxygens (including phenoxy) is 1. The van der Waals surface area contributed by atoms with Crippen LogP contribution in [0, 0.1) is 6.92 Å². The number of rotatable bonds is 3. The van der Waals surface area contributed by atoms with Crippen molar-refractivity contribution in [2.24, 2.45) is 0 Å². The van der Waals surface area contributed by atoms with Crippen molar-refractivity contribution >= 4 is 17.3 Å². The van der Waals surface area contributed by atoms with Crippen molar-refractivity contribution in [3.05, 3.63) is 22.7 Å². The first-order chi connectivity index (χ1) is 6.15. The summed E-state index contributed by atoms with van der Waals surface area (Å²) in [6.45, 7) is 2.13. The summed E-state index contributed by atoms with van der Waals surface area (Å²) in [6.07, 6.45) is 0. The van der Waals surface area contributed by atoms with Gasteiger partial charge in [-0.15, -0.1) is 0 Å². The molecular weight excluding hydrogens is 190 g/mol. The highest BCUT2D eigenvalue weighted by molar-refractivity contribution is 6.33. The van der Waals surface area contributed by atoms with Crippen LogP contribution in [0.4, 0.5) is 5.69 Å². The van der Waals surface area contributed by atoms with Crippen LogP contribution in [0.3, 0.4) is 0 Å². The fraction of sp³-hybridized carbons (Fsp3) is 0.333. The van der Waals surface area contributed by atoms with Crippen LogP contribution >= 0.6 is 11.6 Å². The Morgan fingerprint density at radius 2 is 2.23 bits per heavy atom. The lowest BCUT2D eigenvalue weighted by Gasteiger charge is -2.09. The maximum absolute atomic E-state index is 8.56. The second-order valence-electron chi connectivity index (χ2n) is 2.71. The highest BCUT2D eigenvalue weighted by atomic mass is 35.5. The Hall–Kier alpha value is -0.930. The molecule has 0 spiro atoms. The van der Waals surface area contributed by atoms with Gasteiger partial charge in [0.2, 0.25) is 0 Å². The summed E-state index contributed by atoms with van der Waals surface area (Å²) in [5.41, 5.74) is 6.98. The zero-order valence-electron chi connectivity index (χ0n) is 7.38. The Morgan fingerprint density at radius 3 is 2.85 bits per heavy atom. The highest BCUT2D eigenvalue weighted by Gasteiger charge is 2.03. The minimum absolute atomic E-state index is 0.0119. The van der Waals surface area contributed by atoms with Crippen LogP contribution in [0.15, 0.2) is 12.1 Å². The van der Waals surface area contributed by atoms with Gasteiger partial charge >= 0.3 is 0 Å². The van der Waals surface area contributed by atoms with E-state index in [0.29, 0.717) is 16.5 Å². The van der Waals surface area contributed by atoms with E-state index in [1.165, 1.54) is 0 Å². The molecule has 0 aromatic heterocycles. The number of hydrogen-bond acceptors (Lipinski definition) is 3. The van der Waals surface area contributed by atoms with Gasteiger partial charge in [-0.25, -0.2) is 0 Å². The van der Waals surface area contributed by atoms with E-state index in [2.05, 4.69) is 0 Å². The Bertz CT molecular complexity index is 302. The summed E-state index contributed by atoms with van der Waals surface area (Å²) in [5, 5.41) is 9.08. The number of nitrogens with two attached hydrogens (primary N) is 1. The third kappa shape index (κ3) is 2.50. The summed E-state index contributed by atoms with van der Waals surface area (Å²) in [5.74, 6) is 0.663. The number of nitrogen functional groups attached to an aromatic ring is 1. The summed E-state index contributed by atoms with van der Waals surface area (Å²) >= 11 is 5.79. The van der Waals surface area contributed by atoms with Crippen molar-refractivity contribution in [3.8, 4) is 5.75 Å². The molecule has 1 rings (SSSR count). The first-order valence-corrected chi connectivity index (χ1v) is 4.32. The summed E-state index contributed by atoms with van der Waals surface area (Å²) in [7, 11) is 0. The van der Waals surface area contributed by atoms with Gasteiger partial charge in [-0.2, -0.15) is 0 Å². The van der Waals surface area contributed by atoms with E-state index in [1.54, 1.807) is 12.1 Å². The van der Waals surface area contributed by atoms with Crippen LogP contribution in [0.2, 0.25) is 5.02 Å². The van der Waals surface area contributed by atoms with Gasteiger partial charge in [0.15, 0.2) is 0 Å². The molecule has 4 heteroatoms. The van der Waals surface area contributed by atoms with E-state index in [9.17, 15) is 0 Å². The van der Waals surface area contributed by atoms with Gasteiger partial charge in [0, 0.05) is 6.07 Å². The molecule has 0 fully saturated rings. The topological polar surface area (TPSA) is 55.5 Å². The predicted molar refractivity (Wildman–Crippen MR) is 53.2 cm³/mol. The third-order valence-corrected chi connectivity index (χ3v) is 1.97. The number of aliphatic hydroxyl groups is 1. The molecule has 3 N–H and O–H groups in total. The number of hydrogen-bond donors (Lipinski definition) is 2. The van der Waals surface area contributed by atoms with Gasteiger partial charge in [-0.05, 0) is 18.6 Å². The standard InChI is InChI=1S/C9H12ClNO2/c1-6-4-7(10)8(11)5-9(6)13-3-2-12/h4-5,12H,2-3,11H2,1H3. The van der Waals surface area contributed by atoms with E-state index in [1.807, 2.05) is 6.92 Å². The van der Waals surface area contributed by atoms with Gasteiger partial charge in [0.05, 0.1) is 17.3 Å². The molecular formula is C9H12ClNO2. The van der Waals surface area contributed by atoms with E-state index in [-0.39, 0.29) is 13.2 Å². The molecule has 3 nitrogen and oxygen atoms in total. The molecule has 1 aromatic carbocycles. The van der Waals surface area contributed by atoms with Crippen molar-refractivity contribution in [2.45, 2.75) is 6.92 Å². The van der Waals surface area contributed by atoms with Gasteiger partial charge in [0.25, 0.3) is 0 Å². The fourth-order valence-electron chi connectivity index (χ4n) is 0.980. The van der Waals surface area contributed by atoms with Crippen LogP contribution in [0.1, 0.15) is 5.56 Å². The van der Waals surface area contributed by atoms with Crippen molar-refractivity contribution in [1.29, 1.82) is 0 Å². The lowest BCUT2D eigenvalue weighted by molar-refractivity contribution is 0.200. The second-order valence-corrected chi connectivity index (χ2v) is 3.12. The van der Waals surface area contributed by atoms with Gasteiger partial charge in [-0.1, -0.05) is 11.6 Å². The second kappa shape index (κ2) is 4.35. The molecule has 1 aromatic rings. The van der Waals surface area contributed by atoms with Gasteiger partial charge < -0.3 is 15.6 Å². The smallest absolute Gasteiger partial charge is 0.124 e. The molecule has 0 aliphatic carbocycles. The van der Waals surface area contributed by atoms with E-state index >= 15 is 0 Å². The summed E-state index contributed by atoms with van der Waals surface area (Å²) in [4.78, 5) is 0. The van der Waals surface area contributed by atoms with Crippen molar-refractivity contribution < 1.29 is 9.84 Å². The van der Waals surface area contributed by atoms with Crippen LogP contribution in [0.5, 0.6) is 5.75 Å². The fourth-order valence-corrected chi connectivity index (χ4v) is 1.20. The van der Waals surface area contributed by atoms with E-state index in [4.69, 9.17) is 27.2 Å². The molecule has 0 saturated carbocycles. The molecule has 0 radical (unpaired) electrons. The van der Waals surface area contributed by atoms with Gasteiger partial charge in [0.1, 0.15) is 12.4 Å². The molecule has 0 atom stereocenters. The normalized spacial score (nSPS) is 10.1. The lowest BCUT2D eigenvalue weighted by atomic mass is 10.2. The quantitative estimate of drug-likeness (QED) is 0.731.